The van der Waals surface area contributed by atoms with E-state index in [1.165, 1.54) is 0 Å². The average Bonchev–Trinajstić information content (AvgIpc) is 2.40. The van der Waals surface area contributed by atoms with Gasteiger partial charge in [0.25, 0.3) is 5.91 Å². The van der Waals surface area contributed by atoms with Gasteiger partial charge >= 0.3 is 6.03 Å². The highest BCUT2D eigenvalue weighted by Crippen LogP contribution is 2.05. The normalized spacial score (nSPS) is 10.9. The number of amides is 3. The number of rotatable bonds is 5. The fraction of sp³-hybridized carbons (Fsp3) is 0.333. The van der Waals surface area contributed by atoms with Crippen LogP contribution in [0.2, 0.25) is 0 Å². The van der Waals surface area contributed by atoms with Crippen LogP contribution in [0, 0.1) is 0 Å². The largest absolute Gasteiger partial charge is 0.338 e. The van der Waals surface area contributed by atoms with Crippen LogP contribution < -0.4 is 10.6 Å². The Labute approximate surface area is 113 Å². The quantitative estimate of drug-likeness (QED) is 0.631. The maximum Gasteiger partial charge on any atom is 0.321 e. The van der Waals surface area contributed by atoms with Gasteiger partial charge in [0.2, 0.25) is 0 Å². The smallest absolute Gasteiger partial charge is 0.321 e. The summed E-state index contributed by atoms with van der Waals surface area (Å²) in [4.78, 5) is 23.2. The van der Waals surface area contributed by atoms with E-state index in [2.05, 4.69) is 10.6 Å². The first-order valence-corrected chi connectivity index (χ1v) is 6.46. The fourth-order valence-electron chi connectivity index (χ4n) is 1.49. The Morgan fingerprint density at radius 3 is 2.53 bits per heavy atom. The maximum atomic E-state index is 11.8. The summed E-state index contributed by atoms with van der Waals surface area (Å²) in [5.74, 6) is -0.377. The Kier molecular flexibility index (Phi) is 6.36. The van der Waals surface area contributed by atoms with Gasteiger partial charge in [0.15, 0.2) is 0 Å². The van der Waals surface area contributed by atoms with E-state index < -0.39 is 6.03 Å². The molecule has 0 spiro atoms. The summed E-state index contributed by atoms with van der Waals surface area (Å²) >= 11 is 0. The lowest BCUT2D eigenvalue weighted by molar-refractivity contribution is -0.116. The van der Waals surface area contributed by atoms with Crippen LogP contribution in [0.4, 0.5) is 4.79 Å². The molecule has 0 aliphatic heterocycles. The molecule has 0 aliphatic rings. The third-order valence-electron chi connectivity index (χ3n) is 2.58. The minimum absolute atomic E-state index is 0.377. The molecule has 0 aliphatic carbocycles. The number of carbonyl (C=O) groups is 2. The number of carbonyl (C=O) groups excluding carboxylic acids is 2. The summed E-state index contributed by atoms with van der Waals surface area (Å²) < 4.78 is 0. The molecule has 102 valence electrons. The zero-order chi connectivity index (χ0) is 14.1. The van der Waals surface area contributed by atoms with Gasteiger partial charge in [0.1, 0.15) is 0 Å². The van der Waals surface area contributed by atoms with E-state index in [0.29, 0.717) is 12.1 Å². The maximum absolute atomic E-state index is 11.8. The van der Waals surface area contributed by atoms with Gasteiger partial charge in [-0.15, -0.1) is 0 Å². The molecule has 1 aromatic carbocycles. The molecule has 0 saturated heterocycles. The predicted molar refractivity (Wildman–Crippen MR) is 76.5 cm³/mol. The summed E-state index contributed by atoms with van der Waals surface area (Å²) in [7, 11) is 0. The van der Waals surface area contributed by atoms with Crippen molar-refractivity contribution in [2.24, 2.45) is 0 Å². The van der Waals surface area contributed by atoms with Crippen molar-refractivity contribution in [2.75, 3.05) is 6.54 Å². The highest BCUT2D eigenvalue weighted by Gasteiger charge is 2.08. The van der Waals surface area contributed by atoms with Crippen LogP contribution in [0.3, 0.4) is 0 Å². The summed E-state index contributed by atoms with van der Waals surface area (Å²) in [5.41, 5.74) is 1.43. The molecule has 4 heteroatoms. The second-order valence-electron chi connectivity index (χ2n) is 4.30. The number of hydrogen-bond donors (Lipinski definition) is 2. The second kappa shape index (κ2) is 8.08. The molecule has 19 heavy (non-hydrogen) atoms. The Bertz CT molecular complexity index is 452. The van der Waals surface area contributed by atoms with Gasteiger partial charge in [-0.1, -0.05) is 43.7 Å². The highest BCUT2D eigenvalue weighted by molar-refractivity contribution is 6.05. The van der Waals surface area contributed by atoms with Crippen LogP contribution in [0.1, 0.15) is 32.3 Å². The molecular formula is C15H20N2O2. The van der Waals surface area contributed by atoms with Crippen molar-refractivity contribution in [3.63, 3.8) is 0 Å². The number of nitrogens with one attached hydrogen (secondary N) is 2. The fourth-order valence-corrected chi connectivity index (χ4v) is 1.49. The molecule has 0 fully saturated rings. The topological polar surface area (TPSA) is 58.2 Å². The third-order valence-corrected chi connectivity index (χ3v) is 2.58. The molecule has 0 unspecified atom stereocenters. The van der Waals surface area contributed by atoms with E-state index in [1.807, 2.05) is 37.3 Å². The lowest BCUT2D eigenvalue weighted by atomic mass is 10.1. The Hall–Kier alpha value is -2.10. The summed E-state index contributed by atoms with van der Waals surface area (Å²) in [6, 6.07) is 9.06. The monoisotopic (exact) mass is 260 g/mol. The highest BCUT2D eigenvalue weighted by atomic mass is 16.2. The van der Waals surface area contributed by atoms with E-state index in [-0.39, 0.29) is 5.91 Å². The molecular weight excluding hydrogens is 240 g/mol. The van der Waals surface area contributed by atoms with E-state index in [1.54, 1.807) is 13.0 Å². The van der Waals surface area contributed by atoms with Crippen LogP contribution >= 0.6 is 0 Å². The Balaban J connectivity index is 2.49. The predicted octanol–water partition coefficient (Wildman–Crippen LogP) is 2.72. The van der Waals surface area contributed by atoms with E-state index in [4.69, 9.17) is 0 Å². The first-order chi connectivity index (χ1) is 9.13. The molecule has 0 radical (unpaired) electrons. The first kappa shape index (κ1) is 15.0. The minimum Gasteiger partial charge on any atom is -0.338 e. The van der Waals surface area contributed by atoms with Gasteiger partial charge in [-0.2, -0.15) is 0 Å². The standard InChI is InChI=1S/C15H20N2O2/c1-3-4-10-16-15(19)17-14(18)12(2)11-13-8-6-5-7-9-13/h5-9,11H,3-4,10H2,1-2H3,(H2,16,17,18,19)/b12-11+. The van der Waals surface area contributed by atoms with Gasteiger partial charge in [-0.3, -0.25) is 10.1 Å². The van der Waals surface area contributed by atoms with E-state index in [0.717, 1.165) is 18.4 Å². The van der Waals surface area contributed by atoms with Gasteiger partial charge in [0, 0.05) is 12.1 Å². The van der Waals surface area contributed by atoms with Crippen LogP contribution in [-0.4, -0.2) is 18.5 Å². The van der Waals surface area contributed by atoms with Crippen LogP contribution in [-0.2, 0) is 4.79 Å². The van der Waals surface area contributed by atoms with Gasteiger partial charge in [0.05, 0.1) is 0 Å². The minimum atomic E-state index is -0.445. The SMILES string of the molecule is CCCCNC(=O)NC(=O)/C(C)=C/c1ccccc1. The van der Waals surface area contributed by atoms with E-state index >= 15 is 0 Å². The molecule has 0 saturated carbocycles. The molecule has 0 bridgehead atoms. The summed E-state index contributed by atoms with van der Waals surface area (Å²) in [6.45, 7) is 4.30. The van der Waals surface area contributed by atoms with Gasteiger partial charge in [-0.25, -0.2) is 4.79 Å². The number of hydrogen-bond acceptors (Lipinski definition) is 2. The van der Waals surface area contributed by atoms with Crippen molar-refractivity contribution in [1.82, 2.24) is 10.6 Å². The van der Waals surface area contributed by atoms with Crippen LogP contribution in [0.15, 0.2) is 35.9 Å². The average molecular weight is 260 g/mol. The first-order valence-electron chi connectivity index (χ1n) is 6.46. The van der Waals surface area contributed by atoms with Gasteiger partial charge < -0.3 is 5.32 Å². The number of imide groups is 1. The number of benzene rings is 1. The molecule has 3 amide bonds. The van der Waals surface area contributed by atoms with Crippen molar-refractivity contribution in [3.05, 3.63) is 41.5 Å². The molecule has 4 nitrogen and oxygen atoms in total. The summed E-state index contributed by atoms with van der Waals surface area (Å²) in [6.07, 6.45) is 3.65. The summed E-state index contributed by atoms with van der Waals surface area (Å²) in [5, 5.41) is 4.94. The van der Waals surface area contributed by atoms with Crippen molar-refractivity contribution >= 4 is 18.0 Å². The van der Waals surface area contributed by atoms with Crippen molar-refractivity contribution in [2.45, 2.75) is 26.7 Å². The molecule has 1 rings (SSSR count). The Morgan fingerprint density at radius 1 is 1.21 bits per heavy atom. The molecule has 2 N–H and O–H groups in total. The van der Waals surface area contributed by atoms with Crippen molar-refractivity contribution in [3.8, 4) is 0 Å². The second-order valence-corrected chi connectivity index (χ2v) is 4.30. The zero-order valence-corrected chi connectivity index (χ0v) is 11.4. The lowest BCUT2D eigenvalue weighted by Gasteiger charge is -2.06. The third kappa shape index (κ3) is 5.86. The van der Waals surface area contributed by atoms with Crippen LogP contribution in [0.25, 0.3) is 6.08 Å². The molecule has 1 aromatic rings. The number of unbranched alkanes of at least 4 members (excludes halogenated alkanes) is 1. The van der Waals surface area contributed by atoms with Gasteiger partial charge in [-0.05, 0) is 25.0 Å². The van der Waals surface area contributed by atoms with E-state index in [9.17, 15) is 9.59 Å². The van der Waals surface area contributed by atoms with Crippen molar-refractivity contribution < 1.29 is 9.59 Å². The molecule has 0 aromatic heterocycles. The molecule has 0 heterocycles. The van der Waals surface area contributed by atoms with Crippen LogP contribution in [0.5, 0.6) is 0 Å². The lowest BCUT2D eigenvalue weighted by Crippen LogP contribution is -2.40. The van der Waals surface area contributed by atoms with Crippen molar-refractivity contribution in [1.29, 1.82) is 0 Å². The molecule has 0 atom stereocenters. The number of urea groups is 1. The zero-order valence-electron chi connectivity index (χ0n) is 11.4. The Morgan fingerprint density at radius 2 is 1.89 bits per heavy atom.